The fraction of sp³-hybridized carbons (Fsp3) is 0.562. The molecule has 3 nitrogen and oxygen atoms in total. The molecule has 0 fully saturated rings. The predicted molar refractivity (Wildman–Crippen MR) is 85.5 cm³/mol. The summed E-state index contributed by atoms with van der Waals surface area (Å²) in [5.41, 5.74) is 1.40. The number of rotatable bonds is 4. The number of carboxylic acid groups (broad SMARTS) is 1. The normalized spacial score (nSPS) is 12.4. The van der Waals surface area contributed by atoms with Crippen molar-refractivity contribution in [3.8, 4) is 5.75 Å². The van der Waals surface area contributed by atoms with Crippen LogP contribution in [-0.2, 0) is 6.67 Å². The van der Waals surface area contributed by atoms with Gasteiger partial charge in [-0.15, -0.1) is 0 Å². The van der Waals surface area contributed by atoms with E-state index in [9.17, 15) is 14.3 Å². The fourth-order valence-corrected chi connectivity index (χ4v) is 3.02. The highest BCUT2D eigenvalue weighted by molar-refractivity contribution is 6.74. The first kappa shape index (κ1) is 17.7. The lowest BCUT2D eigenvalue weighted by Crippen LogP contribution is -2.44. The maximum absolute atomic E-state index is 13.3. The Kier molecular flexibility index (Phi) is 4.88. The third-order valence-corrected chi connectivity index (χ3v) is 8.73. The number of carbonyl (C=O) groups is 1. The highest BCUT2D eigenvalue weighted by Gasteiger charge is 2.39. The van der Waals surface area contributed by atoms with Crippen LogP contribution in [0.2, 0.25) is 18.1 Å². The average molecular weight is 312 g/mol. The van der Waals surface area contributed by atoms with E-state index in [0.717, 1.165) is 0 Å². The molecule has 0 bridgehead atoms. The number of hydrogen-bond acceptors (Lipinski definition) is 2. The molecule has 118 valence electrons. The lowest BCUT2D eigenvalue weighted by Gasteiger charge is -2.37. The van der Waals surface area contributed by atoms with Crippen LogP contribution in [0.5, 0.6) is 5.75 Å². The van der Waals surface area contributed by atoms with Gasteiger partial charge in [-0.3, -0.25) is 0 Å². The van der Waals surface area contributed by atoms with Crippen LogP contribution >= 0.6 is 0 Å². The second-order valence-electron chi connectivity index (χ2n) is 6.97. The Balaban J connectivity index is 3.41. The molecule has 0 heterocycles. The minimum atomic E-state index is -2.05. The summed E-state index contributed by atoms with van der Waals surface area (Å²) in [4.78, 5) is 11.3. The van der Waals surface area contributed by atoms with Gasteiger partial charge in [0.2, 0.25) is 8.32 Å². The van der Waals surface area contributed by atoms with Gasteiger partial charge in [0, 0.05) is 5.56 Å². The van der Waals surface area contributed by atoms with Gasteiger partial charge in [0.15, 0.2) is 0 Å². The first-order chi connectivity index (χ1) is 9.42. The summed E-state index contributed by atoms with van der Waals surface area (Å²) < 4.78 is 19.6. The third kappa shape index (κ3) is 3.46. The van der Waals surface area contributed by atoms with Crippen molar-refractivity contribution in [2.24, 2.45) is 0 Å². The molecule has 0 amide bonds. The molecule has 0 saturated carbocycles. The Labute approximate surface area is 127 Å². The molecule has 0 spiro atoms. The second kappa shape index (κ2) is 5.79. The van der Waals surface area contributed by atoms with Crippen molar-refractivity contribution in [3.05, 3.63) is 28.3 Å². The van der Waals surface area contributed by atoms with Gasteiger partial charge in [0.1, 0.15) is 12.4 Å². The van der Waals surface area contributed by atoms with Crippen molar-refractivity contribution in [1.29, 1.82) is 0 Å². The van der Waals surface area contributed by atoms with Crippen molar-refractivity contribution in [2.75, 3.05) is 0 Å². The summed E-state index contributed by atoms with van der Waals surface area (Å²) in [5.74, 6) is -0.487. The number of hydrogen-bond donors (Lipinski definition) is 1. The molecule has 0 radical (unpaired) electrons. The van der Waals surface area contributed by atoms with E-state index in [1.165, 1.54) is 0 Å². The molecule has 1 aromatic rings. The van der Waals surface area contributed by atoms with Crippen LogP contribution in [0.3, 0.4) is 0 Å². The van der Waals surface area contributed by atoms with E-state index < -0.39 is 21.0 Å². The zero-order valence-electron chi connectivity index (χ0n) is 13.9. The molecule has 0 saturated heterocycles. The quantitative estimate of drug-likeness (QED) is 0.808. The molecular weight excluding hydrogens is 287 g/mol. The van der Waals surface area contributed by atoms with Gasteiger partial charge in [-0.05, 0) is 49.2 Å². The van der Waals surface area contributed by atoms with Crippen molar-refractivity contribution in [3.63, 3.8) is 0 Å². The molecule has 1 N–H and O–H groups in total. The molecule has 5 heteroatoms. The Morgan fingerprint density at radius 2 is 1.86 bits per heavy atom. The highest BCUT2D eigenvalue weighted by atomic mass is 28.4. The highest BCUT2D eigenvalue weighted by Crippen LogP contribution is 2.39. The van der Waals surface area contributed by atoms with Crippen LogP contribution in [0.15, 0.2) is 6.07 Å². The number of benzene rings is 1. The van der Waals surface area contributed by atoms with E-state index in [4.69, 9.17) is 4.43 Å². The summed E-state index contributed by atoms with van der Waals surface area (Å²) in [5, 5.41) is 9.28. The lowest BCUT2D eigenvalue weighted by atomic mass is 9.97. The molecule has 21 heavy (non-hydrogen) atoms. The molecular formula is C16H25FO3Si. The Hall–Kier alpha value is -1.36. The monoisotopic (exact) mass is 312 g/mol. The van der Waals surface area contributed by atoms with E-state index in [-0.39, 0.29) is 16.2 Å². The van der Waals surface area contributed by atoms with Crippen LogP contribution in [0.4, 0.5) is 4.39 Å². The van der Waals surface area contributed by atoms with Crippen LogP contribution in [-0.4, -0.2) is 19.4 Å². The molecule has 1 rings (SSSR count). The third-order valence-electron chi connectivity index (χ3n) is 4.38. The predicted octanol–water partition coefficient (Wildman–Crippen LogP) is 4.86. The maximum Gasteiger partial charge on any atom is 0.336 e. The summed E-state index contributed by atoms with van der Waals surface area (Å²) in [6, 6.07) is 1.72. The Bertz CT molecular complexity index is 560. The minimum absolute atomic E-state index is 0.0225. The Morgan fingerprint density at radius 3 is 2.24 bits per heavy atom. The first-order valence-electron chi connectivity index (χ1n) is 7.03. The SMILES string of the molecule is Cc1cc(O[Si](C)(C)C(C)(C)C)c(C)c(CF)c1C(=O)O. The lowest BCUT2D eigenvalue weighted by molar-refractivity contribution is 0.0694. The van der Waals surface area contributed by atoms with Crippen LogP contribution in [0, 0.1) is 13.8 Å². The molecule has 1 aromatic carbocycles. The van der Waals surface area contributed by atoms with Crippen molar-refractivity contribution < 1.29 is 18.7 Å². The van der Waals surface area contributed by atoms with E-state index in [1.807, 2.05) is 0 Å². The summed E-state index contributed by atoms with van der Waals surface area (Å²) >= 11 is 0. The van der Waals surface area contributed by atoms with Crippen LogP contribution in [0.25, 0.3) is 0 Å². The summed E-state index contributed by atoms with van der Waals surface area (Å²) in [7, 11) is -2.05. The van der Waals surface area contributed by atoms with E-state index in [0.29, 0.717) is 16.9 Å². The Morgan fingerprint density at radius 1 is 1.33 bits per heavy atom. The van der Waals surface area contributed by atoms with Crippen molar-refractivity contribution in [2.45, 2.75) is 59.4 Å². The smallest absolute Gasteiger partial charge is 0.336 e. The minimum Gasteiger partial charge on any atom is -0.543 e. The van der Waals surface area contributed by atoms with E-state index >= 15 is 0 Å². The van der Waals surface area contributed by atoms with E-state index in [2.05, 4.69) is 33.9 Å². The van der Waals surface area contributed by atoms with Crippen LogP contribution in [0.1, 0.15) is 47.8 Å². The molecule has 0 unspecified atom stereocenters. The van der Waals surface area contributed by atoms with Gasteiger partial charge in [0.25, 0.3) is 0 Å². The van der Waals surface area contributed by atoms with Gasteiger partial charge in [-0.2, -0.15) is 0 Å². The van der Waals surface area contributed by atoms with Crippen LogP contribution < -0.4 is 4.43 Å². The number of aryl methyl sites for hydroxylation is 1. The first-order valence-corrected chi connectivity index (χ1v) is 9.94. The molecule has 0 aliphatic rings. The summed E-state index contributed by atoms with van der Waals surface area (Å²) in [6.45, 7) is 13.2. The largest absolute Gasteiger partial charge is 0.543 e. The summed E-state index contributed by atoms with van der Waals surface area (Å²) in [6.07, 6.45) is 0. The molecule has 0 aliphatic carbocycles. The number of carboxylic acids is 1. The maximum atomic E-state index is 13.3. The standard InChI is InChI=1S/C16H25FO3Si/c1-10-8-13(20-21(6,7)16(3,4)5)11(2)12(9-17)14(10)15(18)19/h8H,9H2,1-7H3,(H,18,19). The van der Waals surface area contributed by atoms with Crippen molar-refractivity contribution >= 4 is 14.3 Å². The number of halogens is 1. The van der Waals surface area contributed by atoms with Gasteiger partial charge < -0.3 is 9.53 Å². The molecule has 0 atom stereocenters. The topological polar surface area (TPSA) is 46.5 Å². The van der Waals surface area contributed by atoms with Gasteiger partial charge in [-0.1, -0.05) is 20.8 Å². The number of alkyl halides is 1. The van der Waals surface area contributed by atoms with Gasteiger partial charge >= 0.3 is 5.97 Å². The van der Waals surface area contributed by atoms with Crippen molar-refractivity contribution in [1.82, 2.24) is 0 Å². The molecule has 0 aromatic heterocycles. The van der Waals surface area contributed by atoms with Gasteiger partial charge in [0.05, 0.1) is 5.56 Å². The zero-order valence-corrected chi connectivity index (χ0v) is 14.9. The number of aromatic carboxylic acids is 1. The fourth-order valence-electron chi connectivity index (χ4n) is 1.95. The zero-order chi connectivity index (χ0) is 16.6. The molecule has 0 aliphatic heterocycles. The van der Waals surface area contributed by atoms with E-state index in [1.54, 1.807) is 19.9 Å². The second-order valence-corrected chi connectivity index (χ2v) is 11.7. The average Bonchev–Trinajstić information content (AvgIpc) is 2.30. The van der Waals surface area contributed by atoms with Gasteiger partial charge in [-0.25, -0.2) is 9.18 Å².